The van der Waals surface area contributed by atoms with Crippen LogP contribution >= 0.6 is 0 Å². The lowest BCUT2D eigenvalue weighted by atomic mass is 9.94. The molecule has 1 atom stereocenters. The van der Waals surface area contributed by atoms with E-state index in [2.05, 4.69) is 37.3 Å². The number of ether oxygens (including phenoxy) is 2. The Kier molecular flexibility index (Phi) is 1.95. The first-order valence-corrected chi connectivity index (χ1v) is 5.45. The average molecular weight is 214 g/mol. The van der Waals surface area contributed by atoms with Crippen LogP contribution in [-0.2, 0) is 10.3 Å². The van der Waals surface area contributed by atoms with Crippen LogP contribution < -0.4 is 4.74 Å². The van der Waals surface area contributed by atoms with E-state index in [9.17, 15) is 0 Å². The molecule has 1 unspecified atom stereocenters. The predicted molar refractivity (Wildman–Crippen MR) is 63.8 cm³/mol. The molecule has 2 nitrogen and oxygen atoms in total. The zero-order chi connectivity index (χ0) is 11.2. The second-order valence-electron chi connectivity index (χ2n) is 4.38. The Morgan fingerprint density at radius 2 is 1.94 bits per heavy atom. The molecule has 1 aliphatic heterocycles. The van der Waals surface area contributed by atoms with Gasteiger partial charge in [0.2, 0.25) is 0 Å². The maximum absolute atomic E-state index is 5.55. The van der Waals surface area contributed by atoms with Gasteiger partial charge in [-0.15, -0.1) is 0 Å². The Balaban J connectivity index is 2.35. The van der Waals surface area contributed by atoms with Crippen molar-refractivity contribution in [3.05, 3.63) is 42.0 Å². The van der Waals surface area contributed by atoms with Crippen LogP contribution in [0.4, 0.5) is 0 Å². The summed E-state index contributed by atoms with van der Waals surface area (Å²) in [5.74, 6) is 0.915. The predicted octanol–water partition coefficient (Wildman–Crippen LogP) is 3.09. The fourth-order valence-electron chi connectivity index (χ4n) is 2.22. The smallest absolute Gasteiger partial charge is 0.125 e. The Bertz CT molecular complexity index is 541. The minimum absolute atomic E-state index is 0.161. The molecule has 3 rings (SSSR count). The van der Waals surface area contributed by atoms with Crippen LogP contribution in [0.2, 0.25) is 0 Å². The van der Waals surface area contributed by atoms with Crippen LogP contribution in [-0.4, -0.2) is 13.7 Å². The van der Waals surface area contributed by atoms with Crippen molar-refractivity contribution < 1.29 is 9.47 Å². The molecular formula is C14H14O2. The number of rotatable bonds is 2. The largest absolute Gasteiger partial charge is 0.496 e. The maximum atomic E-state index is 5.55. The lowest BCUT2D eigenvalue weighted by Gasteiger charge is -2.14. The van der Waals surface area contributed by atoms with E-state index >= 15 is 0 Å². The summed E-state index contributed by atoms with van der Waals surface area (Å²) in [5, 5.41) is 2.46. The minimum Gasteiger partial charge on any atom is -0.496 e. The number of hydrogen-bond acceptors (Lipinski definition) is 2. The van der Waals surface area contributed by atoms with Gasteiger partial charge in [-0.25, -0.2) is 0 Å². The molecule has 1 heterocycles. The summed E-state index contributed by atoms with van der Waals surface area (Å²) in [6.45, 7) is 2.88. The molecule has 2 aromatic rings. The van der Waals surface area contributed by atoms with Gasteiger partial charge in [-0.3, -0.25) is 0 Å². The highest BCUT2D eigenvalue weighted by atomic mass is 16.6. The molecule has 0 saturated carbocycles. The van der Waals surface area contributed by atoms with E-state index in [0.29, 0.717) is 0 Å². The molecule has 0 aromatic heterocycles. The van der Waals surface area contributed by atoms with E-state index in [1.54, 1.807) is 7.11 Å². The summed E-state index contributed by atoms with van der Waals surface area (Å²) in [6, 6.07) is 12.4. The van der Waals surface area contributed by atoms with Crippen molar-refractivity contribution in [3.63, 3.8) is 0 Å². The number of epoxide rings is 1. The lowest BCUT2D eigenvalue weighted by molar-refractivity contribution is 0.318. The molecule has 0 spiro atoms. The van der Waals surface area contributed by atoms with Crippen molar-refractivity contribution >= 4 is 10.8 Å². The molecule has 0 aliphatic carbocycles. The van der Waals surface area contributed by atoms with Crippen LogP contribution in [0.25, 0.3) is 10.8 Å². The van der Waals surface area contributed by atoms with E-state index < -0.39 is 0 Å². The Morgan fingerprint density at radius 3 is 2.62 bits per heavy atom. The topological polar surface area (TPSA) is 21.8 Å². The van der Waals surface area contributed by atoms with Crippen LogP contribution in [0.15, 0.2) is 36.4 Å². The van der Waals surface area contributed by atoms with Crippen LogP contribution in [0.5, 0.6) is 5.75 Å². The van der Waals surface area contributed by atoms with E-state index in [1.807, 2.05) is 6.07 Å². The number of benzene rings is 2. The highest BCUT2D eigenvalue weighted by Gasteiger charge is 2.44. The lowest BCUT2D eigenvalue weighted by Crippen LogP contribution is -2.06. The molecule has 0 amide bonds. The van der Waals surface area contributed by atoms with Gasteiger partial charge in [0, 0.05) is 5.56 Å². The fourth-order valence-corrected chi connectivity index (χ4v) is 2.22. The monoisotopic (exact) mass is 214 g/mol. The van der Waals surface area contributed by atoms with Gasteiger partial charge in [0.25, 0.3) is 0 Å². The van der Waals surface area contributed by atoms with Gasteiger partial charge in [0.15, 0.2) is 0 Å². The zero-order valence-electron chi connectivity index (χ0n) is 9.49. The summed E-state index contributed by atoms with van der Waals surface area (Å²) in [7, 11) is 1.71. The molecule has 82 valence electrons. The molecular weight excluding hydrogens is 200 g/mol. The summed E-state index contributed by atoms with van der Waals surface area (Å²) < 4.78 is 11.0. The van der Waals surface area contributed by atoms with Gasteiger partial charge in [0.1, 0.15) is 11.4 Å². The second-order valence-corrected chi connectivity index (χ2v) is 4.38. The summed E-state index contributed by atoms with van der Waals surface area (Å²) in [6.07, 6.45) is 0. The van der Waals surface area contributed by atoms with Crippen molar-refractivity contribution in [2.24, 2.45) is 0 Å². The van der Waals surface area contributed by atoms with Gasteiger partial charge in [-0.2, -0.15) is 0 Å². The van der Waals surface area contributed by atoms with Crippen LogP contribution in [0, 0.1) is 0 Å². The van der Waals surface area contributed by atoms with Crippen LogP contribution in [0.1, 0.15) is 12.5 Å². The first-order chi connectivity index (χ1) is 7.74. The molecule has 0 radical (unpaired) electrons. The highest BCUT2D eigenvalue weighted by Crippen LogP contribution is 2.46. The molecule has 1 fully saturated rings. The van der Waals surface area contributed by atoms with Gasteiger partial charge in [-0.05, 0) is 23.8 Å². The number of hydrogen-bond donors (Lipinski definition) is 0. The van der Waals surface area contributed by atoms with Crippen molar-refractivity contribution in [3.8, 4) is 5.75 Å². The minimum atomic E-state index is -0.161. The molecule has 0 bridgehead atoms. The maximum Gasteiger partial charge on any atom is 0.125 e. The Morgan fingerprint density at radius 1 is 1.19 bits per heavy atom. The number of methoxy groups -OCH3 is 1. The van der Waals surface area contributed by atoms with E-state index in [1.165, 1.54) is 16.3 Å². The summed E-state index contributed by atoms with van der Waals surface area (Å²) in [4.78, 5) is 0. The SMILES string of the molecule is COc1ccc2ccccc2c1C1(C)CO1. The van der Waals surface area contributed by atoms with Gasteiger partial charge < -0.3 is 9.47 Å². The fraction of sp³-hybridized carbons (Fsp3) is 0.286. The zero-order valence-corrected chi connectivity index (χ0v) is 9.49. The van der Waals surface area contributed by atoms with Gasteiger partial charge >= 0.3 is 0 Å². The molecule has 0 N–H and O–H groups in total. The third-order valence-corrected chi connectivity index (χ3v) is 3.22. The Labute approximate surface area is 94.8 Å². The summed E-state index contributed by atoms with van der Waals surface area (Å²) >= 11 is 0. The number of fused-ring (bicyclic) bond motifs is 1. The molecule has 1 saturated heterocycles. The normalized spacial score (nSPS) is 23.4. The van der Waals surface area contributed by atoms with E-state index in [0.717, 1.165) is 12.4 Å². The first kappa shape index (κ1) is 9.67. The molecule has 16 heavy (non-hydrogen) atoms. The third-order valence-electron chi connectivity index (χ3n) is 3.22. The van der Waals surface area contributed by atoms with Gasteiger partial charge in [0.05, 0.1) is 13.7 Å². The summed E-state index contributed by atoms with van der Waals surface area (Å²) in [5.41, 5.74) is 1.01. The van der Waals surface area contributed by atoms with Crippen molar-refractivity contribution in [1.82, 2.24) is 0 Å². The third kappa shape index (κ3) is 1.30. The molecule has 1 aliphatic rings. The highest BCUT2D eigenvalue weighted by molar-refractivity contribution is 5.89. The molecule has 2 heteroatoms. The van der Waals surface area contributed by atoms with Gasteiger partial charge in [-0.1, -0.05) is 30.3 Å². The standard InChI is InChI=1S/C14H14O2/c1-14(9-16-14)13-11-6-4-3-5-10(11)7-8-12(13)15-2/h3-8H,9H2,1-2H3. The van der Waals surface area contributed by atoms with E-state index in [-0.39, 0.29) is 5.60 Å². The quantitative estimate of drug-likeness (QED) is 0.716. The Hall–Kier alpha value is -1.54. The van der Waals surface area contributed by atoms with E-state index in [4.69, 9.17) is 9.47 Å². The first-order valence-electron chi connectivity index (χ1n) is 5.45. The molecule has 2 aromatic carbocycles. The van der Waals surface area contributed by atoms with Crippen molar-refractivity contribution in [2.75, 3.05) is 13.7 Å². The average Bonchev–Trinajstić information content (AvgIpc) is 3.06. The van der Waals surface area contributed by atoms with Crippen molar-refractivity contribution in [2.45, 2.75) is 12.5 Å². The van der Waals surface area contributed by atoms with Crippen molar-refractivity contribution in [1.29, 1.82) is 0 Å². The second kappa shape index (κ2) is 3.22. The van der Waals surface area contributed by atoms with Crippen LogP contribution in [0.3, 0.4) is 0 Å².